The van der Waals surface area contributed by atoms with Gasteiger partial charge < -0.3 is 9.80 Å². The Kier molecular flexibility index (Phi) is 5.68. The highest BCUT2D eigenvalue weighted by Gasteiger charge is 2.20. The van der Waals surface area contributed by atoms with E-state index in [-0.39, 0.29) is 11.7 Å². The molecule has 2 aromatic rings. The zero-order chi connectivity index (χ0) is 16.9. The molecule has 1 aliphatic rings. The quantitative estimate of drug-likeness (QED) is 0.779. The van der Waals surface area contributed by atoms with Crippen LogP contribution >= 0.6 is 23.1 Å². The zero-order valence-corrected chi connectivity index (χ0v) is 15.1. The fraction of sp³-hybridized carbons (Fsp3) is 0.438. The molecular weight excluding hydrogens is 347 g/mol. The van der Waals surface area contributed by atoms with Crippen molar-refractivity contribution in [2.45, 2.75) is 17.7 Å². The molecule has 5 nitrogen and oxygen atoms in total. The number of halogens is 1. The lowest BCUT2D eigenvalue weighted by atomic mass is 10.2. The van der Waals surface area contributed by atoms with E-state index < -0.39 is 0 Å². The fourth-order valence-corrected chi connectivity index (χ4v) is 4.35. The van der Waals surface area contributed by atoms with Crippen LogP contribution in [0, 0.1) is 12.7 Å². The maximum absolute atomic E-state index is 13.0. The number of aromatic nitrogens is 2. The van der Waals surface area contributed by atoms with Crippen molar-refractivity contribution in [2.24, 2.45) is 0 Å². The second-order valence-corrected chi connectivity index (χ2v) is 7.98. The number of rotatable bonds is 4. The summed E-state index contributed by atoms with van der Waals surface area (Å²) in [6.45, 7) is 4.98. The van der Waals surface area contributed by atoms with E-state index in [1.807, 2.05) is 11.8 Å². The van der Waals surface area contributed by atoms with Crippen molar-refractivity contribution in [3.05, 3.63) is 35.1 Å². The lowest BCUT2D eigenvalue weighted by Gasteiger charge is -2.23. The summed E-state index contributed by atoms with van der Waals surface area (Å²) in [4.78, 5) is 16.5. The van der Waals surface area contributed by atoms with Crippen molar-refractivity contribution >= 4 is 34.7 Å². The van der Waals surface area contributed by atoms with Crippen LogP contribution in [0.4, 0.5) is 10.1 Å². The van der Waals surface area contributed by atoms with Crippen molar-refractivity contribution in [1.29, 1.82) is 0 Å². The predicted molar refractivity (Wildman–Crippen MR) is 95.2 cm³/mol. The molecule has 0 unspecified atom stereocenters. The minimum atomic E-state index is -0.227. The van der Waals surface area contributed by atoms with E-state index in [2.05, 4.69) is 15.1 Å². The van der Waals surface area contributed by atoms with Crippen LogP contribution in [0.3, 0.4) is 0 Å². The lowest BCUT2D eigenvalue weighted by Crippen LogP contribution is -2.36. The van der Waals surface area contributed by atoms with Gasteiger partial charge in [-0.15, -0.1) is 10.2 Å². The van der Waals surface area contributed by atoms with Gasteiger partial charge in [0.05, 0.1) is 5.75 Å². The van der Waals surface area contributed by atoms with Crippen LogP contribution < -0.4 is 4.90 Å². The Balaban J connectivity index is 1.52. The third-order valence-corrected chi connectivity index (χ3v) is 5.82. The molecule has 0 atom stereocenters. The summed E-state index contributed by atoms with van der Waals surface area (Å²) >= 11 is 2.96. The monoisotopic (exact) mass is 366 g/mol. The summed E-state index contributed by atoms with van der Waals surface area (Å²) in [5.41, 5.74) is 1.00. The topological polar surface area (TPSA) is 49.3 Å². The largest absolute Gasteiger partial charge is 0.370 e. The molecule has 1 saturated heterocycles. The summed E-state index contributed by atoms with van der Waals surface area (Å²) in [5, 5.41) is 8.90. The normalized spacial score (nSPS) is 15.4. The number of hydrogen-bond donors (Lipinski definition) is 0. The molecule has 1 aliphatic heterocycles. The van der Waals surface area contributed by atoms with Gasteiger partial charge >= 0.3 is 0 Å². The highest BCUT2D eigenvalue weighted by molar-refractivity contribution is 8.01. The number of benzene rings is 1. The molecule has 0 radical (unpaired) electrons. The van der Waals surface area contributed by atoms with Gasteiger partial charge in [-0.25, -0.2) is 4.39 Å². The summed E-state index contributed by atoms with van der Waals surface area (Å²) in [5.74, 6) is 0.300. The standard InChI is InChI=1S/C16H19FN4OS2/c1-12-18-19-16(24-12)23-11-15(22)21-8-2-7-20(9-10-21)14-5-3-13(17)4-6-14/h3-6H,2,7-11H2,1H3. The summed E-state index contributed by atoms with van der Waals surface area (Å²) in [7, 11) is 0. The van der Waals surface area contributed by atoms with Crippen molar-refractivity contribution in [1.82, 2.24) is 15.1 Å². The Morgan fingerprint density at radius 1 is 1.21 bits per heavy atom. The van der Waals surface area contributed by atoms with E-state index in [9.17, 15) is 9.18 Å². The number of nitrogens with zero attached hydrogens (tertiary/aromatic N) is 4. The molecular formula is C16H19FN4OS2. The van der Waals surface area contributed by atoms with Crippen LogP contribution in [-0.4, -0.2) is 52.9 Å². The molecule has 24 heavy (non-hydrogen) atoms. The van der Waals surface area contributed by atoms with Gasteiger partial charge in [0.25, 0.3) is 0 Å². The van der Waals surface area contributed by atoms with E-state index >= 15 is 0 Å². The molecule has 1 aromatic carbocycles. The average Bonchev–Trinajstić information content (AvgIpc) is 2.84. The highest BCUT2D eigenvalue weighted by Crippen LogP contribution is 2.22. The molecule has 1 amide bonds. The first kappa shape index (κ1) is 17.2. The number of amides is 1. The third-order valence-electron chi connectivity index (χ3n) is 3.87. The van der Waals surface area contributed by atoms with Gasteiger partial charge in [0, 0.05) is 31.9 Å². The number of anilines is 1. The van der Waals surface area contributed by atoms with Crippen LogP contribution in [0.5, 0.6) is 0 Å². The minimum absolute atomic E-state index is 0.133. The maximum atomic E-state index is 13.0. The van der Waals surface area contributed by atoms with Gasteiger partial charge in [-0.3, -0.25) is 4.79 Å². The van der Waals surface area contributed by atoms with Crippen LogP contribution in [0.25, 0.3) is 0 Å². The summed E-state index contributed by atoms with van der Waals surface area (Å²) in [6, 6.07) is 6.54. The van der Waals surface area contributed by atoms with E-state index in [4.69, 9.17) is 0 Å². The molecule has 0 bridgehead atoms. The van der Waals surface area contributed by atoms with E-state index in [1.165, 1.54) is 35.2 Å². The minimum Gasteiger partial charge on any atom is -0.370 e. The first-order valence-electron chi connectivity index (χ1n) is 7.83. The van der Waals surface area contributed by atoms with Crippen molar-refractivity contribution in [3.63, 3.8) is 0 Å². The fourth-order valence-electron chi connectivity index (χ4n) is 2.63. The number of hydrogen-bond acceptors (Lipinski definition) is 6. The number of thioether (sulfide) groups is 1. The number of carbonyl (C=O) groups is 1. The second-order valence-electron chi connectivity index (χ2n) is 5.57. The smallest absolute Gasteiger partial charge is 0.233 e. The maximum Gasteiger partial charge on any atom is 0.233 e. The molecule has 128 valence electrons. The highest BCUT2D eigenvalue weighted by atomic mass is 32.2. The molecule has 0 saturated carbocycles. The van der Waals surface area contributed by atoms with Gasteiger partial charge in [0.2, 0.25) is 5.91 Å². The van der Waals surface area contributed by atoms with E-state index in [1.54, 1.807) is 12.1 Å². The molecule has 3 rings (SSSR count). The van der Waals surface area contributed by atoms with Crippen LogP contribution in [0.15, 0.2) is 28.6 Å². The summed E-state index contributed by atoms with van der Waals surface area (Å²) in [6.07, 6.45) is 0.908. The molecule has 1 aromatic heterocycles. The Morgan fingerprint density at radius 3 is 2.71 bits per heavy atom. The lowest BCUT2D eigenvalue weighted by molar-refractivity contribution is -0.128. The van der Waals surface area contributed by atoms with Gasteiger partial charge in [0.1, 0.15) is 10.8 Å². The van der Waals surface area contributed by atoms with E-state index in [0.717, 1.165) is 41.1 Å². The zero-order valence-electron chi connectivity index (χ0n) is 13.4. The van der Waals surface area contributed by atoms with Crippen molar-refractivity contribution in [2.75, 3.05) is 36.8 Å². The SMILES string of the molecule is Cc1nnc(SCC(=O)N2CCCN(c3ccc(F)cc3)CC2)s1. The molecule has 0 aliphatic carbocycles. The molecule has 0 spiro atoms. The first-order valence-corrected chi connectivity index (χ1v) is 9.63. The molecule has 2 heterocycles. The second kappa shape index (κ2) is 7.94. The van der Waals surface area contributed by atoms with Gasteiger partial charge in [-0.1, -0.05) is 23.1 Å². The van der Waals surface area contributed by atoms with Crippen LogP contribution in [-0.2, 0) is 4.79 Å². The first-order chi connectivity index (χ1) is 11.6. The Hall–Kier alpha value is -1.67. The molecule has 0 N–H and O–H groups in total. The average molecular weight is 366 g/mol. The van der Waals surface area contributed by atoms with Crippen molar-refractivity contribution in [3.8, 4) is 0 Å². The Morgan fingerprint density at radius 2 is 2.00 bits per heavy atom. The third kappa shape index (κ3) is 4.45. The van der Waals surface area contributed by atoms with Gasteiger partial charge in [-0.05, 0) is 37.6 Å². The summed E-state index contributed by atoms with van der Waals surface area (Å²) < 4.78 is 13.9. The van der Waals surface area contributed by atoms with Gasteiger partial charge in [0.15, 0.2) is 4.34 Å². The molecule has 1 fully saturated rings. The van der Waals surface area contributed by atoms with Crippen LogP contribution in [0.2, 0.25) is 0 Å². The number of aryl methyl sites for hydroxylation is 1. The Bertz CT molecular complexity index is 692. The Labute approximate surface area is 148 Å². The predicted octanol–water partition coefficient (Wildman–Crippen LogP) is 2.82. The van der Waals surface area contributed by atoms with E-state index in [0.29, 0.717) is 12.3 Å². The molecule has 8 heteroatoms. The van der Waals surface area contributed by atoms with Crippen molar-refractivity contribution < 1.29 is 9.18 Å². The number of carbonyl (C=O) groups excluding carboxylic acids is 1. The van der Waals surface area contributed by atoms with Crippen LogP contribution in [0.1, 0.15) is 11.4 Å². The van der Waals surface area contributed by atoms with Gasteiger partial charge in [-0.2, -0.15) is 0 Å².